The van der Waals surface area contributed by atoms with Crippen LogP contribution in [0.2, 0.25) is 0 Å². The molecule has 0 aliphatic carbocycles. The molecule has 0 bridgehead atoms. The number of amides is 1. The predicted molar refractivity (Wildman–Crippen MR) is 77.3 cm³/mol. The van der Waals surface area contributed by atoms with E-state index in [0.717, 1.165) is 0 Å². The van der Waals surface area contributed by atoms with Crippen LogP contribution in [0.4, 0.5) is 0 Å². The molecule has 0 fully saturated rings. The van der Waals surface area contributed by atoms with Gasteiger partial charge in [-0.1, -0.05) is 0 Å². The van der Waals surface area contributed by atoms with Gasteiger partial charge in [0.2, 0.25) is 5.91 Å². The summed E-state index contributed by atoms with van der Waals surface area (Å²) in [5.74, 6) is 3.87. The molecule has 0 aromatic heterocycles. The summed E-state index contributed by atoms with van der Waals surface area (Å²) in [6, 6.07) is -1.65. The summed E-state index contributed by atoms with van der Waals surface area (Å²) in [7, 11) is 2.45. The summed E-state index contributed by atoms with van der Waals surface area (Å²) in [4.78, 5) is 33.9. The highest BCUT2D eigenvalue weighted by Gasteiger charge is 2.20. The van der Waals surface area contributed by atoms with Gasteiger partial charge in [-0.2, -0.15) is 0 Å². The number of aliphatic hydroxyl groups excluding tert-OH is 1. The van der Waals surface area contributed by atoms with Crippen molar-refractivity contribution in [3.8, 4) is 11.8 Å². The highest BCUT2D eigenvalue weighted by Crippen LogP contribution is 1.98. The maximum Gasteiger partial charge on any atom is 0.329 e. The average molecular weight is 314 g/mol. The van der Waals surface area contributed by atoms with E-state index in [1.54, 1.807) is 0 Å². The first kappa shape index (κ1) is 19.9. The van der Waals surface area contributed by atoms with E-state index in [1.165, 1.54) is 28.1 Å². The Morgan fingerprint density at radius 2 is 1.50 bits per heavy atom. The number of nitrogens with one attached hydrogen (secondary N) is 2. The molecule has 0 aliphatic rings. The van der Waals surface area contributed by atoms with Crippen molar-refractivity contribution >= 4 is 17.8 Å². The fourth-order valence-corrected chi connectivity index (χ4v) is 1.57. The van der Waals surface area contributed by atoms with Crippen LogP contribution < -0.4 is 10.6 Å². The molecule has 0 saturated carbocycles. The molecule has 0 aromatic rings. The van der Waals surface area contributed by atoms with Crippen molar-refractivity contribution < 1.29 is 29.0 Å². The van der Waals surface area contributed by atoms with Gasteiger partial charge in [-0.3, -0.25) is 14.9 Å². The van der Waals surface area contributed by atoms with Crippen molar-refractivity contribution in [1.82, 2.24) is 10.6 Å². The molecule has 22 heavy (non-hydrogen) atoms. The fourth-order valence-electron chi connectivity index (χ4n) is 1.57. The maximum atomic E-state index is 11.5. The molecule has 0 spiro atoms. The van der Waals surface area contributed by atoms with E-state index < -0.39 is 30.3 Å². The van der Waals surface area contributed by atoms with Gasteiger partial charge < -0.3 is 19.9 Å². The van der Waals surface area contributed by atoms with Gasteiger partial charge in [0, 0.05) is 19.8 Å². The molecule has 3 atom stereocenters. The van der Waals surface area contributed by atoms with Gasteiger partial charge in [-0.05, 0) is 6.92 Å². The Labute approximate surface area is 129 Å². The number of methoxy groups -OCH3 is 2. The Hall–Kier alpha value is -2.11. The molecule has 0 heterocycles. The Kier molecular flexibility index (Phi) is 9.58. The molecule has 124 valence electrons. The zero-order chi connectivity index (χ0) is 17.1. The topological polar surface area (TPSA) is 114 Å². The van der Waals surface area contributed by atoms with Gasteiger partial charge in [0.05, 0.1) is 14.2 Å². The lowest BCUT2D eigenvalue weighted by Gasteiger charge is -2.15. The van der Waals surface area contributed by atoms with E-state index in [0.29, 0.717) is 0 Å². The molecule has 0 radical (unpaired) electrons. The lowest BCUT2D eigenvalue weighted by Crippen LogP contribution is -2.42. The summed E-state index contributed by atoms with van der Waals surface area (Å²) in [6.07, 6.45) is -0.756. The summed E-state index contributed by atoms with van der Waals surface area (Å²) >= 11 is 0. The number of ether oxygens (including phenoxy) is 2. The molecular formula is C14H22N2O6. The minimum atomic E-state index is -0.895. The number of rotatable bonds is 7. The molecule has 1 amide bonds. The Morgan fingerprint density at radius 3 is 1.91 bits per heavy atom. The second kappa shape index (κ2) is 10.6. The SMILES string of the molecule is COC(=O)C(CC#CCC(NC(C)O)C(=O)OC)NC(C)=O. The number of carbonyl (C=O) groups is 3. The van der Waals surface area contributed by atoms with Crippen LogP contribution in [0.15, 0.2) is 0 Å². The monoisotopic (exact) mass is 314 g/mol. The fraction of sp³-hybridized carbons (Fsp3) is 0.643. The molecular weight excluding hydrogens is 292 g/mol. The normalized spacial score (nSPS) is 13.9. The summed E-state index contributed by atoms with van der Waals surface area (Å²) in [5.41, 5.74) is 0. The first-order chi connectivity index (χ1) is 10.3. The summed E-state index contributed by atoms with van der Waals surface area (Å²) in [5, 5.41) is 14.3. The zero-order valence-electron chi connectivity index (χ0n) is 13.1. The molecule has 0 saturated heterocycles. The second-order valence-electron chi connectivity index (χ2n) is 4.46. The lowest BCUT2D eigenvalue weighted by atomic mass is 10.1. The molecule has 0 aromatic carbocycles. The van der Waals surface area contributed by atoms with E-state index in [2.05, 4.69) is 31.9 Å². The third-order valence-corrected chi connectivity index (χ3v) is 2.53. The highest BCUT2D eigenvalue weighted by molar-refractivity contribution is 5.83. The van der Waals surface area contributed by atoms with E-state index >= 15 is 0 Å². The molecule has 0 rings (SSSR count). The van der Waals surface area contributed by atoms with Gasteiger partial charge in [-0.15, -0.1) is 11.8 Å². The first-order valence-electron chi connectivity index (χ1n) is 6.64. The molecule has 0 aliphatic heterocycles. The Bertz CT molecular complexity index is 452. The summed E-state index contributed by atoms with van der Waals surface area (Å²) < 4.78 is 9.15. The van der Waals surface area contributed by atoms with Crippen molar-refractivity contribution in [2.24, 2.45) is 0 Å². The molecule has 8 nitrogen and oxygen atoms in total. The number of aliphatic hydroxyl groups is 1. The first-order valence-corrected chi connectivity index (χ1v) is 6.64. The summed E-state index contributed by atoms with van der Waals surface area (Å²) in [6.45, 7) is 2.75. The van der Waals surface area contributed by atoms with Crippen molar-refractivity contribution in [3.63, 3.8) is 0 Å². The lowest BCUT2D eigenvalue weighted by molar-refractivity contribution is -0.145. The molecule has 3 N–H and O–H groups in total. The third-order valence-electron chi connectivity index (χ3n) is 2.53. The Morgan fingerprint density at radius 1 is 1.05 bits per heavy atom. The van der Waals surface area contributed by atoms with Gasteiger partial charge in [0.15, 0.2) is 0 Å². The quantitative estimate of drug-likeness (QED) is 0.311. The number of hydrogen-bond acceptors (Lipinski definition) is 7. The zero-order valence-corrected chi connectivity index (χ0v) is 13.1. The standard InChI is InChI=1S/C14H22N2O6/c1-9(17)15-11(13(19)21-3)7-5-6-8-12(14(20)22-4)16-10(2)18/h9,11-12,15,17H,7-8H2,1-4H3,(H,16,18). The van der Waals surface area contributed by atoms with Crippen LogP contribution in [-0.2, 0) is 23.9 Å². The van der Waals surface area contributed by atoms with E-state index in [-0.39, 0.29) is 18.7 Å². The van der Waals surface area contributed by atoms with Crippen molar-refractivity contribution in [2.45, 2.75) is 45.0 Å². The Balaban J connectivity index is 4.64. The van der Waals surface area contributed by atoms with Crippen LogP contribution in [0.1, 0.15) is 26.7 Å². The van der Waals surface area contributed by atoms with Gasteiger partial charge >= 0.3 is 11.9 Å². The third kappa shape index (κ3) is 8.24. The minimum Gasteiger partial charge on any atom is -0.468 e. The van der Waals surface area contributed by atoms with Crippen LogP contribution in [0.3, 0.4) is 0 Å². The predicted octanol–water partition coefficient (Wildman–Crippen LogP) is -1.08. The van der Waals surface area contributed by atoms with Crippen molar-refractivity contribution in [3.05, 3.63) is 0 Å². The van der Waals surface area contributed by atoms with E-state index in [9.17, 15) is 19.5 Å². The number of hydrogen-bond donors (Lipinski definition) is 3. The highest BCUT2D eigenvalue weighted by atomic mass is 16.5. The van der Waals surface area contributed by atoms with E-state index in [1.807, 2.05) is 0 Å². The van der Waals surface area contributed by atoms with Crippen LogP contribution in [0.5, 0.6) is 0 Å². The van der Waals surface area contributed by atoms with Crippen LogP contribution >= 0.6 is 0 Å². The average Bonchev–Trinajstić information content (AvgIpc) is 2.46. The van der Waals surface area contributed by atoms with Gasteiger partial charge in [-0.25, -0.2) is 4.79 Å². The number of esters is 2. The second-order valence-corrected chi connectivity index (χ2v) is 4.46. The van der Waals surface area contributed by atoms with E-state index in [4.69, 9.17) is 0 Å². The smallest absolute Gasteiger partial charge is 0.329 e. The van der Waals surface area contributed by atoms with Crippen LogP contribution in [-0.4, -0.2) is 55.5 Å². The maximum absolute atomic E-state index is 11.5. The van der Waals surface area contributed by atoms with Gasteiger partial charge in [0.1, 0.15) is 18.3 Å². The largest absolute Gasteiger partial charge is 0.468 e. The van der Waals surface area contributed by atoms with Crippen LogP contribution in [0.25, 0.3) is 0 Å². The van der Waals surface area contributed by atoms with Crippen LogP contribution in [0, 0.1) is 11.8 Å². The minimum absolute atomic E-state index is 0.0504. The van der Waals surface area contributed by atoms with Crippen molar-refractivity contribution in [2.75, 3.05) is 14.2 Å². The van der Waals surface area contributed by atoms with Crippen molar-refractivity contribution in [1.29, 1.82) is 0 Å². The molecule has 3 unspecified atom stereocenters. The van der Waals surface area contributed by atoms with Gasteiger partial charge in [0.25, 0.3) is 0 Å². The molecule has 8 heteroatoms. The number of carbonyl (C=O) groups excluding carboxylic acids is 3.